The van der Waals surface area contributed by atoms with Crippen molar-refractivity contribution in [1.82, 2.24) is 9.88 Å². The van der Waals surface area contributed by atoms with E-state index in [1.807, 2.05) is 35.4 Å². The Bertz CT molecular complexity index is 999. The van der Waals surface area contributed by atoms with Crippen LogP contribution in [-0.2, 0) is 4.79 Å². The van der Waals surface area contributed by atoms with Gasteiger partial charge in [0.25, 0.3) is 5.56 Å². The van der Waals surface area contributed by atoms with E-state index in [-0.39, 0.29) is 0 Å². The lowest BCUT2D eigenvalue weighted by atomic mass is 10.1. The van der Waals surface area contributed by atoms with Crippen LogP contribution in [0.25, 0.3) is 10.9 Å². The summed E-state index contributed by atoms with van der Waals surface area (Å²) in [7, 11) is 0. The van der Waals surface area contributed by atoms with Gasteiger partial charge in [-0.05, 0) is 30.4 Å². The summed E-state index contributed by atoms with van der Waals surface area (Å²) < 4.78 is 12.7. The highest BCUT2D eigenvalue weighted by molar-refractivity contribution is 5.91. The van der Waals surface area contributed by atoms with Gasteiger partial charge in [-0.25, -0.2) is 9.18 Å². The highest BCUT2D eigenvalue weighted by Crippen LogP contribution is 2.21. The number of benzene rings is 1. The first-order valence-corrected chi connectivity index (χ1v) is 7.59. The molecule has 0 fully saturated rings. The molecule has 5 nitrogen and oxygen atoms in total. The standard InChI is InChI=1S/C10H9NO2.C9H6FNO/c12-10(13)8-4-3-7-11-6-2-1-5-9(8)11;10-7-5-6-3-1-2-4-8(6)11-9(7)12/h1-6H,7H2,(H,12,13);1-5H,(H,11,12). The van der Waals surface area contributed by atoms with Gasteiger partial charge in [-0.1, -0.05) is 30.4 Å². The van der Waals surface area contributed by atoms with Crippen molar-refractivity contribution >= 4 is 16.9 Å². The number of aromatic amines is 1. The van der Waals surface area contributed by atoms with Gasteiger partial charge in [0.05, 0.1) is 11.3 Å². The average molecular weight is 338 g/mol. The summed E-state index contributed by atoms with van der Waals surface area (Å²) >= 11 is 0. The van der Waals surface area contributed by atoms with Gasteiger partial charge in [0.2, 0.25) is 0 Å². The second kappa shape index (κ2) is 7.00. The molecule has 25 heavy (non-hydrogen) atoms. The zero-order chi connectivity index (χ0) is 17.8. The Morgan fingerprint density at radius 1 is 1.20 bits per heavy atom. The van der Waals surface area contributed by atoms with Crippen LogP contribution in [0.2, 0.25) is 0 Å². The summed E-state index contributed by atoms with van der Waals surface area (Å²) in [5.74, 6) is -1.62. The summed E-state index contributed by atoms with van der Waals surface area (Å²) in [6.45, 7) is 0.743. The van der Waals surface area contributed by atoms with Crippen LogP contribution >= 0.6 is 0 Å². The third-order valence-electron chi connectivity index (χ3n) is 3.74. The highest BCUT2D eigenvalue weighted by atomic mass is 19.1. The molecule has 0 spiro atoms. The predicted octanol–water partition coefficient (Wildman–Crippen LogP) is 2.95. The van der Waals surface area contributed by atoms with E-state index in [1.54, 1.807) is 30.3 Å². The Hall–Kier alpha value is -3.41. The number of allylic oxidation sites excluding steroid dienone is 3. The second-order valence-corrected chi connectivity index (χ2v) is 5.39. The lowest BCUT2D eigenvalue weighted by Gasteiger charge is -2.26. The molecule has 2 aromatic rings. The first kappa shape index (κ1) is 16.4. The van der Waals surface area contributed by atoms with E-state index in [9.17, 15) is 14.0 Å². The van der Waals surface area contributed by atoms with Crippen LogP contribution in [0.4, 0.5) is 4.39 Å². The molecule has 0 aliphatic carbocycles. The fourth-order valence-corrected chi connectivity index (χ4v) is 2.55. The van der Waals surface area contributed by atoms with Crippen LogP contribution in [-0.4, -0.2) is 27.5 Å². The average Bonchev–Trinajstić information content (AvgIpc) is 2.62. The number of hydrogen-bond acceptors (Lipinski definition) is 3. The zero-order valence-electron chi connectivity index (χ0n) is 13.1. The zero-order valence-corrected chi connectivity index (χ0v) is 13.1. The third-order valence-corrected chi connectivity index (χ3v) is 3.74. The topological polar surface area (TPSA) is 73.4 Å². The van der Waals surface area contributed by atoms with Crippen LogP contribution < -0.4 is 5.56 Å². The van der Waals surface area contributed by atoms with E-state index < -0.39 is 17.3 Å². The number of H-pyrrole nitrogens is 1. The Labute approximate surface area is 142 Å². The summed E-state index contributed by atoms with van der Waals surface area (Å²) in [6.07, 6.45) is 10.9. The largest absolute Gasteiger partial charge is 0.478 e. The maximum Gasteiger partial charge on any atom is 0.337 e. The number of para-hydroxylation sites is 1. The normalized spacial score (nSPS) is 15.0. The predicted molar refractivity (Wildman–Crippen MR) is 93.3 cm³/mol. The number of halogens is 1. The van der Waals surface area contributed by atoms with Crippen molar-refractivity contribution in [3.63, 3.8) is 0 Å². The van der Waals surface area contributed by atoms with Crippen LogP contribution in [0.3, 0.4) is 0 Å². The fraction of sp³-hybridized carbons (Fsp3) is 0.0526. The molecule has 0 bridgehead atoms. The monoisotopic (exact) mass is 338 g/mol. The second-order valence-electron chi connectivity index (χ2n) is 5.39. The third kappa shape index (κ3) is 3.58. The Kier molecular flexibility index (Phi) is 4.61. The maximum absolute atomic E-state index is 12.7. The van der Waals surface area contributed by atoms with E-state index in [0.717, 1.165) is 12.2 Å². The first-order valence-electron chi connectivity index (χ1n) is 7.59. The minimum absolute atomic E-state index is 0.354. The van der Waals surface area contributed by atoms with Crippen molar-refractivity contribution in [2.75, 3.05) is 6.54 Å². The molecule has 0 radical (unpaired) electrons. The number of hydrogen-bond donors (Lipinski definition) is 2. The van der Waals surface area contributed by atoms with Crippen molar-refractivity contribution in [3.8, 4) is 0 Å². The highest BCUT2D eigenvalue weighted by Gasteiger charge is 2.18. The van der Waals surface area contributed by atoms with Crippen LogP contribution in [0, 0.1) is 5.82 Å². The number of aromatic nitrogens is 1. The Balaban J connectivity index is 0.000000146. The molecule has 2 aliphatic heterocycles. The van der Waals surface area contributed by atoms with E-state index in [4.69, 9.17) is 5.11 Å². The lowest BCUT2D eigenvalue weighted by molar-refractivity contribution is -0.132. The molecule has 0 saturated carbocycles. The number of rotatable bonds is 1. The molecule has 4 rings (SSSR count). The van der Waals surface area contributed by atoms with Crippen molar-refractivity contribution in [3.05, 3.63) is 94.4 Å². The number of carbonyl (C=O) groups is 1. The SMILES string of the molecule is O=C(O)C1=C2C=CC=CN2CC=C1.O=c1[nH]c2ccccc2cc1F. The van der Waals surface area contributed by atoms with E-state index >= 15 is 0 Å². The number of nitrogens with zero attached hydrogens (tertiary/aromatic N) is 1. The van der Waals surface area contributed by atoms with E-state index in [1.165, 1.54) is 6.07 Å². The van der Waals surface area contributed by atoms with Gasteiger partial charge in [0.1, 0.15) is 0 Å². The van der Waals surface area contributed by atoms with Crippen molar-refractivity contribution < 1.29 is 14.3 Å². The van der Waals surface area contributed by atoms with Crippen molar-refractivity contribution in [2.45, 2.75) is 0 Å². The quantitative estimate of drug-likeness (QED) is 0.838. The molecule has 6 heteroatoms. The molecule has 1 aromatic heterocycles. The van der Waals surface area contributed by atoms with Gasteiger partial charge in [-0.3, -0.25) is 4.79 Å². The van der Waals surface area contributed by atoms with Gasteiger partial charge in [-0.2, -0.15) is 0 Å². The molecule has 0 saturated heterocycles. The number of aliphatic carboxylic acids is 1. The summed E-state index contributed by atoms with van der Waals surface area (Å²) in [6, 6.07) is 8.29. The van der Waals surface area contributed by atoms with Gasteiger partial charge in [-0.15, -0.1) is 0 Å². The number of pyridine rings is 1. The van der Waals surface area contributed by atoms with Gasteiger partial charge in [0.15, 0.2) is 5.82 Å². The van der Waals surface area contributed by atoms with E-state index in [0.29, 0.717) is 16.5 Å². The minimum Gasteiger partial charge on any atom is -0.478 e. The maximum atomic E-state index is 12.7. The molecule has 0 amide bonds. The van der Waals surface area contributed by atoms with Crippen LogP contribution in [0.15, 0.2) is 83.0 Å². The van der Waals surface area contributed by atoms with Gasteiger partial charge < -0.3 is 15.0 Å². The molecule has 126 valence electrons. The lowest BCUT2D eigenvalue weighted by Crippen LogP contribution is -2.23. The summed E-state index contributed by atoms with van der Waals surface area (Å²) in [5, 5.41) is 9.59. The smallest absolute Gasteiger partial charge is 0.337 e. The molecular weight excluding hydrogens is 323 g/mol. The Morgan fingerprint density at radius 2 is 2.00 bits per heavy atom. The summed E-state index contributed by atoms with van der Waals surface area (Å²) in [4.78, 5) is 26.0. The number of fused-ring (bicyclic) bond motifs is 2. The molecule has 1 aromatic carbocycles. The fourth-order valence-electron chi connectivity index (χ4n) is 2.55. The van der Waals surface area contributed by atoms with Crippen molar-refractivity contribution in [2.24, 2.45) is 0 Å². The first-order chi connectivity index (χ1) is 12.1. The molecular formula is C19H15FN2O3. The minimum atomic E-state index is -0.879. The van der Waals surface area contributed by atoms with Crippen molar-refractivity contribution in [1.29, 1.82) is 0 Å². The van der Waals surface area contributed by atoms with Crippen LogP contribution in [0.1, 0.15) is 0 Å². The molecule has 2 aliphatic rings. The molecule has 0 unspecified atom stereocenters. The summed E-state index contributed by atoms with van der Waals surface area (Å²) in [5.41, 5.74) is 1.10. The Morgan fingerprint density at radius 3 is 2.80 bits per heavy atom. The molecule has 2 N–H and O–H groups in total. The number of carboxylic acid groups (broad SMARTS) is 1. The van der Waals surface area contributed by atoms with Gasteiger partial charge in [0, 0.05) is 23.6 Å². The number of nitrogens with one attached hydrogen (secondary N) is 1. The van der Waals surface area contributed by atoms with Crippen LogP contribution in [0.5, 0.6) is 0 Å². The number of carboxylic acids is 1. The van der Waals surface area contributed by atoms with E-state index in [2.05, 4.69) is 4.98 Å². The molecule has 3 heterocycles. The molecule has 0 atom stereocenters. The van der Waals surface area contributed by atoms with Gasteiger partial charge >= 0.3 is 5.97 Å².